The Morgan fingerprint density at radius 1 is 1.24 bits per heavy atom. The number of aromatic nitrogens is 1. The molecule has 0 aliphatic carbocycles. The third kappa shape index (κ3) is 4.23. The molecule has 0 aliphatic heterocycles. The van der Waals surface area contributed by atoms with Crippen LogP contribution < -0.4 is 4.90 Å². The van der Waals surface area contributed by atoms with E-state index >= 15 is 0 Å². The van der Waals surface area contributed by atoms with Crippen molar-refractivity contribution in [3.63, 3.8) is 0 Å². The zero-order chi connectivity index (χ0) is 18.1. The van der Waals surface area contributed by atoms with E-state index in [0.717, 1.165) is 26.1 Å². The molecule has 0 saturated heterocycles. The Morgan fingerprint density at radius 2 is 2.00 bits per heavy atom. The molecule has 0 spiro atoms. The second-order valence-electron chi connectivity index (χ2n) is 5.93. The van der Waals surface area contributed by atoms with Crippen molar-refractivity contribution < 1.29 is 4.79 Å². The zero-order valence-electron chi connectivity index (χ0n) is 14.0. The summed E-state index contributed by atoms with van der Waals surface area (Å²) in [6.45, 7) is 3.32. The lowest BCUT2D eigenvalue weighted by Crippen LogP contribution is -2.36. The maximum atomic E-state index is 13.0. The molecule has 4 nitrogen and oxygen atoms in total. The smallest absolute Gasteiger partial charge is 0.270 e. The number of fused-ring (bicyclic) bond motifs is 1. The van der Waals surface area contributed by atoms with Gasteiger partial charge >= 0.3 is 0 Å². The van der Waals surface area contributed by atoms with E-state index in [4.69, 9.17) is 16.6 Å². The topological polar surface area (TPSA) is 36.4 Å². The molecule has 1 amide bonds. The van der Waals surface area contributed by atoms with Gasteiger partial charge in [-0.25, -0.2) is 4.98 Å². The van der Waals surface area contributed by atoms with Gasteiger partial charge < -0.3 is 4.90 Å². The van der Waals surface area contributed by atoms with Crippen LogP contribution in [-0.2, 0) is 0 Å². The Kier molecular flexibility index (Phi) is 5.80. The number of likely N-dealkylation sites (N-methyl/N-ethyl adjacent to an activating group) is 1. The van der Waals surface area contributed by atoms with Crippen LogP contribution in [0.5, 0.6) is 0 Å². The van der Waals surface area contributed by atoms with Gasteiger partial charge in [0.1, 0.15) is 0 Å². The van der Waals surface area contributed by atoms with Gasteiger partial charge in [-0.15, -0.1) is 11.3 Å². The average molecular weight is 459 g/mol. The van der Waals surface area contributed by atoms with Crippen molar-refractivity contribution >= 4 is 71.5 Å². The predicted molar refractivity (Wildman–Crippen MR) is 112 cm³/mol. The number of amides is 1. The summed E-state index contributed by atoms with van der Waals surface area (Å²) in [6, 6.07) is 7.54. The van der Waals surface area contributed by atoms with E-state index in [1.165, 1.54) is 22.7 Å². The van der Waals surface area contributed by atoms with Gasteiger partial charge in [0.15, 0.2) is 5.13 Å². The minimum Gasteiger partial charge on any atom is -0.308 e. The summed E-state index contributed by atoms with van der Waals surface area (Å²) >= 11 is 12.5. The normalized spacial score (nSPS) is 11.4. The largest absolute Gasteiger partial charge is 0.308 e. The highest BCUT2D eigenvalue weighted by molar-refractivity contribution is 9.11. The van der Waals surface area contributed by atoms with Crippen LogP contribution in [0.25, 0.3) is 10.2 Å². The number of anilines is 1. The number of benzene rings is 1. The first-order valence-electron chi connectivity index (χ1n) is 7.64. The summed E-state index contributed by atoms with van der Waals surface area (Å²) in [4.78, 5) is 22.3. The van der Waals surface area contributed by atoms with Crippen molar-refractivity contribution in [1.82, 2.24) is 9.88 Å². The van der Waals surface area contributed by atoms with Crippen LogP contribution in [0.15, 0.2) is 28.1 Å². The minimum atomic E-state index is -0.0274. The molecular formula is C17H17BrClN3OS2. The second-order valence-corrected chi connectivity index (χ2v) is 9.84. The Labute approximate surface area is 168 Å². The van der Waals surface area contributed by atoms with Crippen molar-refractivity contribution in [3.05, 3.63) is 43.5 Å². The second kappa shape index (κ2) is 7.72. The number of hydrogen-bond donors (Lipinski definition) is 0. The lowest BCUT2D eigenvalue weighted by Gasteiger charge is -2.21. The SMILES string of the molecule is Cc1cc(Cl)cc2sc(N(CCN(C)C)C(=O)c3ccc(Br)s3)nc12. The van der Waals surface area contributed by atoms with Crippen LogP contribution in [0.2, 0.25) is 5.02 Å². The number of nitrogens with zero attached hydrogens (tertiary/aromatic N) is 3. The highest BCUT2D eigenvalue weighted by Gasteiger charge is 2.23. The Morgan fingerprint density at radius 3 is 2.64 bits per heavy atom. The van der Waals surface area contributed by atoms with E-state index in [1.807, 2.05) is 45.3 Å². The maximum Gasteiger partial charge on any atom is 0.270 e. The summed E-state index contributed by atoms with van der Waals surface area (Å²) in [5.74, 6) is -0.0274. The molecule has 2 aromatic heterocycles. The maximum absolute atomic E-state index is 13.0. The van der Waals surface area contributed by atoms with Gasteiger partial charge in [0.25, 0.3) is 5.91 Å². The van der Waals surface area contributed by atoms with Crippen LogP contribution in [0, 0.1) is 6.92 Å². The molecule has 0 aliphatic rings. The van der Waals surface area contributed by atoms with Crippen LogP contribution >= 0.6 is 50.2 Å². The molecule has 3 aromatic rings. The summed E-state index contributed by atoms with van der Waals surface area (Å²) in [6.07, 6.45) is 0. The Hall–Kier alpha value is -0.990. The number of carbonyl (C=O) groups excluding carboxylic acids is 1. The number of hydrogen-bond acceptors (Lipinski definition) is 5. The number of halogens is 2. The summed E-state index contributed by atoms with van der Waals surface area (Å²) in [7, 11) is 3.99. The molecule has 132 valence electrons. The molecule has 0 unspecified atom stereocenters. The van der Waals surface area contributed by atoms with Crippen LogP contribution in [0.4, 0.5) is 5.13 Å². The molecule has 25 heavy (non-hydrogen) atoms. The minimum absolute atomic E-state index is 0.0274. The lowest BCUT2D eigenvalue weighted by atomic mass is 10.2. The molecule has 0 atom stereocenters. The monoisotopic (exact) mass is 457 g/mol. The fourth-order valence-electron chi connectivity index (χ4n) is 2.40. The summed E-state index contributed by atoms with van der Waals surface area (Å²) in [5, 5.41) is 1.39. The molecule has 2 heterocycles. The highest BCUT2D eigenvalue weighted by Crippen LogP contribution is 2.34. The number of rotatable bonds is 5. The number of thiazole rings is 1. The molecular weight excluding hydrogens is 442 g/mol. The van der Waals surface area contributed by atoms with Crippen molar-refractivity contribution in [2.75, 3.05) is 32.1 Å². The van der Waals surface area contributed by atoms with Crippen molar-refractivity contribution in [1.29, 1.82) is 0 Å². The van der Waals surface area contributed by atoms with E-state index in [0.29, 0.717) is 21.6 Å². The van der Waals surface area contributed by atoms with E-state index in [1.54, 1.807) is 4.90 Å². The molecule has 0 N–H and O–H groups in total. The van der Waals surface area contributed by atoms with Gasteiger partial charge in [-0.2, -0.15) is 0 Å². The van der Waals surface area contributed by atoms with Crippen LogP contribution in [-0.4, -0.2) is 43.0 Å². The molecule has 0 radical (unpaired) electrons. The van der Waals surface area contributed by atoms with E-state index in [-0.39, 0.29) is 5.91 Å². The highest BCUT2D eigenvalue weighted by atomic mass is 79.9. The van der Waals surface area contributed by atoms with Gasteiger partial charge in [-0.1, -0.05) is 22.9 Å². The number of thiophene rings is 1. The standard InChI is InChI=1S/C17H17BrClN3OS2/c1-10-8-11(19)9-13-15(10)20-17(25-13)22(7-6-21(2)3)16(23)12-4-5-14(18)24-12/h4-5,8-9H,6-7H2,1-3H3. The fourth-order valence-corrected chi connectivity index (χ4v) is 5.18. The van der Waals surface area contributed by atoms with Gasteiger partial charge in [0, 0.05) is 18.1 Å². The van der Waals surface area contributed by atoms with E-state index in [2.05, 4.69) is 20.8 Å². The average Bonchev–Trinajstić information content (AvgIpc) is 3.13. The molecule has 0 saturated carbocycles. The van der Waals surface area contributed by atoms with Gasteiger partial charge in [0.2, 0.25) is 0 Å². The third-order valence-corrected chi connectivity index (χ3v) is 6.53. The quantitative estimate of drug-likeness (QED) is 0.521. The van der Waals surface area contributed by atoms with Crippen molar-refractivity contribution in [2.45, 2.75) is 6.92 Å². The first kappa shape index (κ1) is 18.8. The molecule has 1 aromatic carbocycles. The van der Waals surface area contributed by atoms with Crippen LogP contribution in [0.3, 0.4) is 0 Å². The zero-order valence-corrected chi connectivity index (χ0v) is 18.0. The van der Waals surface area contributed by atoms with Crippen LogP contribution in [0.1, 0.15) is 15.2 Å². The number of aryl methyl sites for hydroxylation is 1. The van der Waals surface area contributed by atoms with Gasteiger partial charge in [-0.3, -0.25) is 9.69 Å². The third-order valence-electron chi connectivity index (χ3n) is 3.67. The van der Waals surface area contributed by atoms with Crippen molar-refractivity contribution in [2.24, 2.45) is 0 Å². The van der Waals surface area contributed by atoms with Gasteiger partial charge in [-0.05, 0) is 66.8 Å². The Bertz CT molecular complexity index is 922. The van der Waals surface area contributed by atoms with Gasteiger partial charge in [0.05, 0.1) is 18.9 Å². The lowest BCUT2D eigenvalue weighted by molar-refractivity contribution is 0.0989. The predicted octanol–water partition coefficient (Wildman–Crippen LogP) is 5.29. The number of carbonyl (C=O) groups is 1. The first-order valence-corrected chi connectivity index (χ1v) is 10.4. The first-order chi connectivity index (χ1) is 11.8. The van der Waals surface area contributed by atoms with Crippen molar-refractivity contribution in [3.8, 4) is 0 Å². The molecule has 3 rings (SSSR count). The van der Waals surface area contributed by atoms with E-state index < -0.39 is 0 Å². The summed E-state index contributed by atoms with van der Waals surface area (Å²) < 4.78 is 1.94. The molecule has 8 heteroatoms. The summed E-state index contributed by atoms with van der Waals surface area (Å²) in [5.41, 5.74) is 1.92. The Balaban J connectivity index is 2.01. The molecule has 0 fully saturated rings. The van der Waals surface area contributed by atoms with E-state index in [9.17, 15) is 4.79 Å². The molecule has 0 bridgehead atoms. The fraction of sp³-hybridized carbons (Fsp3) is 0.294.